The number of benzene rings is 2. The summed E-state index contributed by atoms with van der Waals surface area (Å²) in [5.41, 5.74) is 2.38. The van der Waals surface area contributed by atoms with Crippen molar-refractivity contribution in [1.29, 1.82) is 0 Å². The Kier molecular flexibility index (Phi) is 7.54. The summed E-state index contributed by atoms with van der Waals surface area (Å²) in [5, 5.41) is 0. The summed E-state index contributed by atoms with van der Waals surface area (Å²) in [6.45, 7) is 0. The van der Waals surface area contributed by atoms with Crippen molar-refractivity contribution in [3.63, 3.8) is 0 Å². The van der Waals surface area contributed by atoms with E-state index in [1.807, 2.05) is 0 Å². The van der Waals surface area contributed by atoms with E-state index >= 15 is 0 Å². The first-order valence-electron chi connectivity index (χ1n) is 12.5. The van der Waals surface area contributed by atoms with Crippen molar-refractivity contribution in [1.82, 2.24) is 0 Å². The maximum atomic E-state index is 14.0. The van der Waals surface area contributed by atoms with Gasteiger partial charge >= 0.3 is 12.1 Å². The van der Waals surface area contributed by atoms with Gasteiger partial charge in [0.25, 0.3) is 0 Å². The molecule has 0 atom stereocenters. The summed E-state index contributed by atoms with van der Waals surface area (Å²) in [4.78, 5) is 13.5. The summed E-state index contributed by atoms with van der Waals surface area (Å²) in [7, 11) is 2.85. The SMILES string of the molecule is COC(=O)c1ccc(N(C)c2cc(C3CCCCC3)cc(C3CCCCC3)c2)c(C(F)(F)F)c1. The Morgan fingerprint density at radius 1 is 0.853 bits per heavy atom. The van der Waals surface area contributed by atoms with Crippen LogP contribution in [0.4, 0.5) is 24.5 Å². The number of carbonyl (C=O) groups is 1. The smallest absolute Gasteiger partial charge is 0.418 e. The van der Waals surface area contributed by atoms with Crippen molar-refractivity contribution in [3.05, 3.63) is 58.7 Å². The van der Waals surface area contributed by atoms with E-state index in [0.717, 1.165) is 37.4 Å². The van der Waals surface area contributed by atoms with Crippen LogP contribution >= 0.6 is 0 Å². The van der Waals surface area contributed by atoms with E-state index in [9.17, 15) is 18.0 Å². The van der Waals surface area contributed by atoms with Crippen LogP contribution in [0.25, 0.3) is 0 Å². The number of carbonyl (C=O) groups excluding carboxylic acids is 1. The van der Waals surface area contributed by atoms with E-state index in [2.05, 4.69) is 22.9 Å². The van der Waals surface area contributed by atoms with Gasteiger partial charge in [-0.05, 0) is 79.0 Å². The standard InChI is InChI=1S/C28H34F3NO2/c1-32(26-14-13-21(27(33)34-2)18-25(26)28(29,30)31)24-16-22(19-9-5-3-6-10-19)15-23(17-24)20-11-7-4-8-12-20/h13-20H,3-12H2,1-2H3. The first-order chi connectivity index (χ1) is 16.3. The minimum Gasteiger partial charge on any atom is -0.465 e. The molecule has 4 rings (SSSR count). The van der Waals surface area contributed by atoms with Gasteiger partial charge in [-0.2, -0.15) is 13.2 Å². The third-order valence-electron chi connectivity index (χ3n) is 7.59. The molecule has 184 valence electrons. The molecule has 0 bridgehead atoms. The van der Waals surface area contributed by atoms with Gasteiger partial charge in [0.05, 0.1) is 23.9 Å². The van der Waals surface area contributed by atoms with Gasteiger partial charge in [0.15, 0.2) is 0 Å². The van der Waals surface area contributed by atoms with Gasteiger partial charge in [-0.1, -0.05) is 44.6 Å². The maximum Gasteiger partial charge on any atom is 0.418 e. The summed E-state index contributed by atoms with van der Waals surface area (Å²) in [6.07, 6.45) is 7.29. The van der Waals surface area contributed by atoms with Crippen molar-refractivity contribution < 1.29 is 22.7 Å². The van der Waals surface area contributed by atoms with Crippen LogP contribution < -0.4 is 4.90 Å². The van der Waals surface area contributed by atoms with Crippen LogP contribution in [0.15, 0.2) is 36.4 Å². The summed E-state index contributed by atoms with van der Waals surface area (Å²) < 4.78 is 46.7. The van der Waals surface area contributed by atoms with Crippen LogP contribution in [0.5, 0.6) is 0 Å². The Hall–Kier alpha value is -2.50. The zero-order valence-electron chi connectivity index (χ0n) is 20.1. The molecule has 2 fully saturated rings. The van der Waals surface area contributed by atoms with E-state index in [1.165, 1.54) is 68.9 Å². The van der Waals surface area contributed by atoms with E-state index in [0.29, 0.717) is 11.8 Å². The van der Waals surface area contributed by atoms with Crippen molar-refractivity contribution in [2.24, 2.45) is 0 Å². The number of ether oxygens (including phenoxy) is 1. The Morgan fingerprint density at radius 3 is 1.85 bits per heavy atom. The quantitative estimate of drug-likeness (QED) is 0.409. The van der Waals surface area contributed by atoms with Crippen LogP contribution in [-0.4, -0.2) is 20.1 Å². The second-order valence-corrected chi connectivity index (χ2v) is 9.81. The Bertz CT molecular complexity index is 969. The van der Waals surface area contributed by atoms with Crippen molar-refractivity contribution >= 4 is 17.3 Å². The molecule has 2 aromatic carbocycles. The molecule has 0 N–H and O–H groups in total. The first kappa shape index (κ1) is 24.6. The first-order valence-corrected chi connectivity index (χ1v) is 12.5. The Morgan fingerprint density at radius 2 is 1.38 bits per heavy atom. The minimum absolute atomic E-state index is 0.0375. The lowest BCUT2D eigenvalue weighted by atomic mass is 9.79. The molecule has 6 heteroatoms. The molecule has 0 saturated heterocycles. The molecule has 0 amide bonds. The Balaban J connectivity index is 1.77. The number of anilines is 2. The molecule has 2 aliphatic carbocycles. The van der Waals surface area contributed by atoms with Gasteiger partial charge < -0.3 is 9.64 Å². The topological polar surface area (TPSA) is 29.5 Å². The molecule has 0 radical (unpaired) electrons. The fraction of sp³-hybridized carbons (Fsp3) is 0.536. The van der Waals surface area contributed by atoms with E-state index < -0.39 is 17.7 Å². The average molecular weight is 474 g/mol. The zero-order valence-corrected chi connectivity index (χ0v) is 20.1. The third-order valence-corrected chi connectivity index (χ3v) is 7.59. The van der Waals surface area contributed by atoms with E-state index in [-0.39, 0.29) is 11.3 Å². The molecular weight excluding hydrogens is 439 g/mol. The summed E-state index contributed by atoms with van der Waals surface area (Å²) in [6, 6.07) is 10.2. The molecule has 0 heterocycles. The number of halogens is 3. The lowest BCUT2D eigenvalue weighted by Crippen LogP contribution is -2.19. The molecule has 0 aliphatic heterocycles. The predicted octanol–water partition coefficient (Wildman–Crippen LogP) is 8.36. The number of hydrogen-bond acceptors (Lipinski definition) is 3. The van der Waals surface area contributed by atoms with Crippen molar-refractivity contribution in [2.45, 2.75) is 82.2 Å². The molecule has 0 spiro atoms. The molecule has 34 heavy (non-hydrogen) atoms. The monoisotopic (exact) mass is 473 g/mol. The highest BCUT2D eigenvalue weighted by molar-refractivity contribution is 5.90. The van der Waals surface area contributed by atoms with Crippen LogP contribution in [0.3, 0.4) is 0 Å². The number of nitrogens with zero attached hydrogens (tertiary/aromatic N) is 1. The van der Waals surface area contributed by atoms with Gasteiger partial charge in [0.2, 0.25) is 0 Å². The lowest BCUT2D eigenvalue weighted by molar-refractivity contribution is -0.137. The number of rotatable bonds is 5. The highest BCUT2D eigenvalue weighted by Crippen LogP contribution is 2.43. The second kappa shape index (κ2) is 10.4. The highest BCUT2D eigenvalue weighted by atomic mass is 19.4. The number of methoxy groups -OCH3 is 1. The van der Waals surface area contributed by atoms with Crippen LogP contribution in [0, 0.1) is 0 Å². The lowest BCUT2D eigenvalue weighted by Gasteiger charge is -2.30. The second-order valence-electron chi connectivity index (χ2n) is 9.81. The molecule has 3 nitrogen and oxygen atoms in total. The van der Waals surface area contributed by atoms with Gasteiger partial charge in [-0.25, -0.2) is 4.79 Å². The average Bonchev–Trinajstić information content (AvgIpc) is 2.87. The Labute approximate surface area is 200 Å². The van der Waals surface area contributed by atoms with Gasteiger partial charge in [0.1, 0.15) is 0 Å². The van der Waals surface area contributed by atoms with Gasteiger partial charge in [-0.3, -0.25) is 0 Å². The molecule has 0 aromatic heterocycles. The fourth-order valence-corrected chi connectivity index (χ4v) is 5.64. The molecule has 2 saturated carbocycles. The zero-order chi connectivity index (χ0) is 24.3. The molecule has 2 aromatic rings. The molecule has 2 aliphatic rings. The van der Waals surface area contributed by atoms with Crippen LogP contribution in [0.2, 0.25) is 0 Å². The predicted molar refractivity (Wildman–Crippen MR) is 129 cm³/mol. The maximum absolute atomic E-state index is 14.0. The van der Waals surface area contributed by atoms with Crippen LogP contribution in [-0.2, 0) is 10.9 Å². The number of alkyl halides is 3. The highest BCUT2D eigenvalue weighted by Gasteiger charge is 2.36. The fourth-order valence-electron chi connectivity index (χ4n) is 5.64. The number of esters is 1. The van der Waals surface area contributed by atoms with Gasteiger partial charge in [-0.15, -0.1) is 0 Å². The van der Waals surface area contributed by atoms with Crippen molar-refractivity contribution in [2.75, 3.05) is 19.1 Å². The summed E-state index contributed by atoms with van der Waals surface area (Å²) in [5.74, 6) is 0.153. The van der Waals surface area contributed by atoms with Crippen molar-refractivity contribution in [3.8, 4) is 0 Å². The molecular formula is C28H34F3NO2. The number of hydrogen-bond donors (Lipinski definition) is 0. The normalized spacial score (nSPS) is 18.0. The third kappa shape index (κ3) is 5.42. The van der Waals surface area contributed by atoms with E-state index in [4.69, 9.17) is 0 Å². The minimum atomic E-state index is -4.60. The van der Waals surface area contributed by atoms with Crippen LogP contribution in [0.1, 0.15) is 103 Å². The van der Waals surface area contributed by atoms with E-state index in [1.54, 1.807) is 11.9 Å². The summed E-state index contributed by atoms with van der Waals surface area (Å²) >= 11 is 0. The van der Waals surface area contributed by atoms with Gasteiger partial charge in [0, 0.05) is 12.7 Å². The molecule has 0 unspecified atom stereocenters. The largest absolute Gasteiger partial charge is 0.465 e.